The second-order valence-corrected chi connectivity index (χ2v) is 14.9. The molecule has 0 radical (unpaired) electrons. The molecule has 0 spiro atoms. The average Bonchev–Trinajstić information content (AvgIpc) is 3.28. The number of esters is 1. The molecule has 3 aromatic rings. The van der Waals surface area contributed by atoms with Gasteiger partial charge in [0, 0.05) is 34.7 Å². The second-order valence-electron chi connectivity index (χ2n) is 12.2. The first-order valence-corrected chi connectivity index (χ1v) is 16.0. The first kappa shape index (κ1) is 33.6. The zero-order valence-corrected chi connectivity index (χ0v) is 27.7. The van der Waals surface area contributed by atoms with Gasteiger partial charge in [0.2, 0.25) is 0 Å². The molecule has 1 fully saturated rings. The van der Waals surface area contributed by atoms with Gasteiger partial charge in [-0.05, 0) is 77.9 Å². The third-order valence-electron chi connectivity index (χ3n) is 6.31. The van der Waals surface area contributed by atoms with Crippen molar-refractivity contribution in [3.8, 4) is 0 Å². The lowest BCUT2D eigenvalue weighted by atomic mass is 10.1. The molecule has 0 aliphatic carbocycles. The van der Waals surface area contributed by atoms with E-state index < -0.39 is 39.8 Å². The highest BCUT2D eigenvalue weighted by molar-refractivity contribution is 7.92. The zero-order valence-electron chi connectivity index (χ0n) is 25.3. The van der Waals surface area contributed by atoms with Crippen LogP contribution in [0.1, 0.15) is 51.9 Å². The fourth-order valence-electron chi connectivity index (χ4n) is 4.55. The van der Waals surface area contributed by atoms with Crippen molar-refractivity contribution in [2.24, 2.45) is 0 Å². The van der Waals surface area contributed by atoms with E-state index in [4.69, 9.17) is 37.4 Å². The number of nitrogens with zero attached hydrogens (tertiary/aromatic N) is 3. The highest BCUT2D eigenvalue weighted by atomic mass is 35.5. The molecule has 11 nitrogen and oxygen atoms in total. The van der Waals surface area contributed by atoms with Crippen molar-refractivity contribution in [2.75, 3.05) is 37.2 Å². The number of hydrogen-bond acceptors (Lipinski definition) is 8. The first-order chi connectivity index (χ1) is 20.4. The Hall–Kier alpha value is -3.32. The number of ether oxygens (including phenoxy) is 3. The largest absolute Gasteiger partial charge is 0.459 e. The van der Waals surface area contributed by atoms with Gasteiger partial charge in [-0.15, -0.1) is 0 Å². The molecule has 1 saturated heterocycles. The lowest BCUT2D eigenvalue weighted by molar-refractivity contribution is -0.152. The van der Waals surface area contributed by atoms with Crippen LogP contribution in [0.3, 0.4) is 0 Å². The predicted octanol–water partition coefficient (Wildman–Crippen LogP) is 5.74. The van der Waals surface area contributed by atoms with Crippen molar-refractivity contribution in [3.63, 3.8) is 0 Å². The van der Waals surface area contributed by atoms with E-state index in [0.29, 0.717) is 31.7 Å². The molecule has 1 aliphatic heterocycles. The summed E-state index contributed by atoms with van der Waals surface area (Å²) in [6.45, 7) is 10.9. The van der Waals surface area contributed by atoms with Crippen molar-refractivity contribution in [3.05, 3.63) is 58.2 Å². The van der Waals surface area contributed by atoms with Gasteiger partial charge in [-0.1, -0.05) is 23.2 Å². The summed E-state index contributed by atoms with van der Waals surface area (Å²) in [4.78, 5) is 41.3. The molecule has 1 amide bonds. The number of carbonyl (C=O) groups excluding carboxylic acids is 3. The van der Waals surface area contributed by atoms with Crippen LogP contribution in [0, 0.1) is 0 Å². The average molecular weight is 669 g/mol. The van der Waals surface area contributed by atoms with Crippen LogP contribution in [0.4, 0.5) is 10.5 Å². The Morgan fingerprint density at radius 1 is 0.909 bits per heavy atom. The van der Waals surface area contributed by atoms with E-state index in [1.54, 1.807) is 46.4 Å². The number of benzene rings is 2. The molecule has 2 heterocycles. The van der Waals surface area contributed by atoms with E-state index in [2.05, 4.69) is 0 Å². The number of halogens is 2. The van der Waals surface area contributed by atoms with Crippen LogP contribution in [0.2, 0.25) is 10.0 Å². The topological polar surface area (TPSA) is 124 Å². The minimum absolute atomic E-state index is 0.0211. The van der Waals surface area contributed by atoms with E-state index in [1.165, 1.54) is 42.6 Å². The number of hydrogen-bond donors (Lipinski definition) is 0. The molecule has 2 aromatic carbocycles. The van der Waals surface area contributed by atoms with E-state index in [1.807, 2.05) is 0 Å². The minimum Gasteiger partial charge on any atom is -0.459 e. The van der Waals surface area contributed by atoms with Crippen LogP contribution in [0.5, 0.6) is 0 Å². The molecule has 0 saturated carbocycles. The summed E-state index contributed by atoms with van der Waals surface area (Å²) in [5, 5.41) is 0.541. The zero-order chi connectivity index (χ0) is 32.6. The Morgan fingerprint density at radius 2 is 1.50 bits per heavy atom. The normalized spacial score (nSPS) is 14.4. The maximum atomic E-state index is 14.0. The number of aromatic nitrogens is 1. The summed E-state index contributed by atoms with van der Waals surface area (Å²) in [5.74, 6) is -1.14. The molecule has 1 aliphatic rings. The van der Waals surface area contributed by atoms with Crippen LogP contribution in [-0.2, 0) is 29.0 Å². The van der Waals surface area contributed by atoms with Crippen molar-refractivity contribution in [2.45, 2.75) is 57.6 Å². The summed E-state index contributed by atoms with van der Waals surface area (Å²) in [6.07, 6.45) is 0.605. The van der Waals surface area contributed by atoms with Crippen LogP contribution in [-0.4, -0.2) is 79.9 Å². The van der Waals surface area contributed by atoms with Crippen LogP contribution in [0.15, 0.2) is 47.5 Å². The number of amides is 1. The summed E-state index contributed by atoms with van der Waals surface area (Å²) >= 11 is 12.3. The molecular weight excluding hydrogens is 633 g/mol. The predicted molar refractivity (Wildman–Crippen MR) is 167 cm³/mol. The number of anilines is 1. The van der Waals surface area contributed by atoms with Crippen LogP contribution in [0.25, 0.3) is 10.9 Å². The molecule has 44 heavy (non-hydrogen) atoms. The van der Waals surface area contributed by atoms with Gasteiger partial charge in [0.1, 0.15) is 17.7 Å². The van der Waals surface area contributed by atoms with Gasteiger partial charge in [-0.2, -0.15) is 0 Å². The Kier molecular flexibility index (Phi) is 9.60. The van der Waals surface area contributed by atoms with Crippen LogP contribution < -0.4 is 4.31 Å². The quantitative estimate of drug-likeness (QED) is 0.305. The summed E-state index contributed by atoms with van der Waals surface area (Å²) in [5.41, 5.74) is -1.31. The lowest BCUT2D eigenvalue weighted by Gasteiger charge is -2.27. The molecule has 1 aromatic heterocycles. The monoisotopic (exact) mass is 667 g/mol. The Labute approximate surface area is 266 Å². The van der Waals surface area contributed by atoms with Gasteiger partial charge in [0.25, 0.3) is 15.9 Å². The standard InChI is InChI=1S/C30H35Cl2N3O8S/c1-29(2,3)42-26(36)18-35(44(39,40)22-14-19(31)13-20(32)15-22)21-7-8-23-24(27(37)33-9-11-41-12-10-33)17-34(25(23)16-21)28(38)43-30(4,5)6/h7-8,13-17H,9-12,18H2,1-6H3. The van der Waals surface area contributed by atoms with Gasteiger partial charge < -0.3 is 19.1 Å². The van der Waals surface area contributed by atoms with E-state index in [9.17, 15) is 22.8 Å². The van der Waals surface area contributed by atoms with Gasteiger partial charge in [0.15, 0.2) is 0 Å². The molecule has 0 N–H and O–H groups in total. The number of sulfonamides is 1. The smallest absolute Gasteiger partial charge is 0.419 e. The fraction of sp³-hybridized carbons (Fsp3) is 0.433. The van der Waals surface area contributed by atoms with E-state index in [0.717, 1.165) is 8.87 Å². The number of morpholine rings is 1. The van der Waals surface area contributed by atoms with Gasteiger partial charge in [-0.3, -0.25) is 18.5 Å². The third-order valence-corrected chi connectivity index (χ3v) is 8.50. The Morgan fingerprint density at radius 3 is 2.07 bits per heavy atom. The third kappa shape index (κ3) is 7.84. The lowest BCUT2D eigenvalue weighted by Crippen LogP contribution is -2.40. The summed E-state index contributed by atoms with van der Waals surface area (Å²) in [6, 6.07) is 8.20. The van der Waals surface area contributed by atoms with E-state index >= 15 is 0 Å². The summed E-state index contributed by atoms with van der Waals surface area (Å²) in [7, 11) is -4.46. The van der Waals surface area contributed by atoms with Crippen LogP contribution >= 0.6 is 23.2 Å². The van der Waals surface area contributed by atoms with Crippen molar-refractivity contribution >= 4 is 67.8 Å². The van der Waals surface area contributed by atoms with Crippen molar-refractivity contribution in [1.29, 1.82) is 0 Å². The van der Waals surface area contributed by atoms with Crippen molar-refractivity contribution in [1.82, 2.24) is 9.47 Å². The molecular formula is C30H35Cl2N3O8S. The van der Waals surface area contributed by atoms with Gasteiger partial charge >= 0.3 is 12.1 Å². The van der Waals surface area contributed by atoms with E-state index in [-0.39, 0.29) is 37.6 Å². The Bertz CT molecular complexity index is 1680. The highest BCUT2D eigenvalue weighted by Gasteiger charge is 2.32. The van der Waals surface area contributed by atoms with Crippen molar-refractivity contribution < 1.29 is 37.0 Å². The number of fused-ring (bicyclic) bond motifs is 1. The number of carbonyl (C=O) groups is 3. The maximum absolute atomic E-state index is 14.0. The highest BCUT2D eigenvalue weighted by Crippen LogP contribution is 2.33. The molecule has 0 atom stereocenters. The SMILES string of the molecule is CC(C)(C)OC(=O)CN(c1ccc2c(C(=O)N3CCOCC3)cn(C(=O)OC(C)(C)C)c2c1)S(=O)(=O)c1cc(Cl)cc(Cl)c1. The molecule has 4 rings (SSSR count). The van der Waals surface area contributed by atoms with Gasteiger partial charge in [0.05, 0.1) is 34.9 Å². The molecule has 238 valence electrons. The summed E-state index contributed by atoms with van der Waals surface area (Å²) < 4.78 is 46.5. The molecule has 0 bridgehead atoms. The maximum Gasteiger partial charge on any atom is 0.419 e. The number of rotatable bonds is 6. The van der Waals surface area contributed by atoms with Gasteiger partial charge in [-0.25, -0.2) is 13.2 Å². The molecule has 0 unspecified atom stereocenters. The fourth-order valence-corrected chi connectivity index (χ4v) is 6.68. The Balaban J connectivity index is 1.90. The first-order valence-electron chi connectivity index (χ1n) is 13.8. The molecule has 14 heteroatoms. The second kappa shape index (κ2) is 12.6. The minimum atomic E-state index is -4.46.